The molecule has 0 unspecified atom stereocenters. The van der Waals surface area contributed by atoms with E-state index in [1.54, 1.807) is 0 Å². The SMILES string of the molecule is CC(C)(C)C.Cc1ccccc1.c1ccc2ccccc2c1. The third kappa shape index (κ3) is 8.97. The second kappa shape index (κ2) is 9.04. The van der Waals surface area contributed by atoms with Crippen LogP contribution in [0, 0.1) is 12.3 Å². The molecule has 3 aromatic carbocycles. The maximum Gasteiger partial charge on any atom is -0.0184 e. The first-order valence-corrected chi connectivity index (χ1v) is 7.82. The fourth-order valence-electron chi connectivity index (χ4n) is 1.67. The number of fused-ring (bicyclic) bond motifs is 1. The van der Waals surface area contributed by atoms with E-state index in [4.69, 9.17) is 0 Å². The fraction of sp³-hybridized carbons (Fsp3) is 0.273. The van der Waals surface area contributed by atoms with Crippen LogP contribution < -0.4 is 0 Å². The molecule has 3 aromatic rings. The number of benzene rings is 3. The van der Waals surface area contributed by atoms with Crippen LogP contribution in [0.5, 0.6) is 0 Å². The Bertz CT molecular complexity index is 574. The van der Waals surface area contributed by atoms with Gasteiger partial charge < -0.3 is 0 Å². The molecule has 0 aliphatic heterocycles. The molecule has 0 bridgehead atoms. The smallest absolute Gasteiger partial charge is 0.0184 e. The molecule has 0 atom stereocenters. The number of aryl methyl sites for hydroxylation is 1. The van der Waals surface area contributed by atoms with Gasteiger partial charge in [0.25, 0.3) is 0 Å². The first-order chi connectivity index (χ1) is 10.4. The van der Waals surface area contributed by atoms with E-state index in [1.807, 2.05) is 18.2 Å². The zero-order valence-electron chi connectivity index (χ0n) is 14.5. The first kappa shape index (κ1) is 18.0. The molecular formula is C22H28. The molecule has 0 spiro atoms. The number of hydrogen-bond acceptors (Lipinski definition) is 0. The minimum Gasteiger partial charge on any atom is -0.0622 e. The van der Waals surface area contributed by atoms with Crippen LogP contribution in [-0.4, -0.2) is 0 Å². The van der Waals surface area contributed by atoms with Crippen molar-refractivity contribution in [2.24, 2.45) is 5.41 Å². The van der Waals surface area contributed by atoms with E-state index < -0.39 is 0 Å². The summed E-state index contributed by atoms with van der Waals surface area (Å²) in [7, 11) is 0. The third-order valence-electron chi connectivity index (χ3n) is 2.60. The van der Waals surface area contributed by atoms with Gasteiger partial charge in [-0.3, -0.25) is 0 Å². The van der Waals surface area contributed by atoms with Gasteiger partial charge in [0, 0.05) is 0 Å². The van der Waals surface area contributed by atoms with Crippen molar-refractivity contribution in [1.29, 1.82) is 0 Å². The van der Waals surface area contributed by atoms with Gasteiger partial charge in [0.2, 0.25) is 0 Å². The summed E-state index contributed by atoms with van der Waals surface area (Å²) in [6, 6.07) is 27.0. The molecule has 0 radical (unpaired) electrons. The van der Waals surface area contributed by atoms with E-state index in [0.29, 0.717) is 5.41 Å². The van der Waals surface area contributed by atoms with Crippen LogP contribution in [0.4, 0.5) is 0 Å². The summed E-state index contributed by atoms with van der Waals surface area (Å²) in [5.41, 5.74) is 1.82. The Hall–Kier alpha value is -2.08. The van der Waals surface area contributed by atoms with Gasteiger partial charge in [-0.15, -0.1) is 0 Å². The molecule has 0 saturated heterocycles. The highest BCUT2D eigenvalue weighted by atomic mass is 14.0. The molecule has 0 aliphatic carbocycles. The topological polar surface area (TPSA) is 0 Å². The molecule has 0 N–H and O–H groups in total. The second-order valence-corrected chi connectivity index (χ2v) is 7.00. The van der Waals surface area contributed by atoms with Crippen LogP contribution in [0.2, 0.25) is 0 Å². The molecule has 0 aliphatic rings. The Balaban J connectivity index is 0.000000178. The van der Waals surface area contributed by atoms with Crippen molar-refractivity contribution in [3.05, 3.63) is 84.4 Å². The lowest BCUT2D eigenvalue weighted by Gasteiger charge is -2.05. The second-order valence-electron chi connectivity index (χ2n) is 7.00. The summed E-state index contributed by atoms with van der Waals surface area (Å²) in [6.07, 6.45) is 0. The number of rotatable bonds is 0. The highest BCUT2D eigenvalue weighted by Crippen LogP contribution is 2.11. The predicted octanol–water partition coefficient (Wildman–Crippen LogP) is 6.89. The van der Waals surface area contributed by atoms with Crippen LogP contribution in [0.1, 0.15) is 33.3 Å². The van der Waals surface area contributed by atoms with Gasteiger partial charge in [-0.25, -0.2) is 0 Å². The van der Waals surface area contributed by atoms with Crippen molar-refractivity contribution in [3.63, 3.8) is 0 Å². The van der Waals surface area contributed by atoms with Crippen LogP contribution in [0.25, 0.3) is 10.8 Å². The van der Waals surface area contributed by atoms with Crippen molar-refractivity contribution in [1.82, 2.24) is 0 Å². The van der Waals surface area contributed by atoms with Crippen LogP contribution >= 0.6 is 0 Å². The largest absolute Gasteiger partial charge is 0.0622 e. The highest BCUT2D eigenvalue weighted by molar-refractivity contribution is 5.81. The molecule has 0 heterocycles. The molecule has 0 nitrogen and oxygen atoms in total. The van der Waals surface area contributed by atoms with E-state index >= 15 is 0 Å². The third-order valence-corrected chi connectivity index (χ3v) is 2.60. The number of hydrogen-bond donors (Lipinski definition) is 0. The monoisotopic (exact) mass is 292 g/mol. The Morgan fingerprint density at radius 3 is 1.00 bits per heavy atom. The van der Waals surface area contributed by atoms with Gasteiger partial charge in [-0.1, -0.05) is 112 Å². The maximum absolute atomic E-state index is 2.19. The molecule has 22 heavy (non-hydrogen) atoms. The standard InChI is InChI=1S/C10H8.C7H8.C5H12/c1-2-6-10-8-4-3-7-9(10)5-1;1-7-5-3-2-4-6-7;1-5(2,3)4/h1-8H;2-6H,1H3;1-4H3. The quantitative estimate of drug-likeness (QED) is 0.423. The maximum atomic E-state index is 2.19. The van der Waals surface area contributed by atoms with E-state index in [-0.39, 0.29) is 0 Å². The van der Waals surface area contributed by atoms with E-state index in [9.17, 15) is 0 Å². The summed E-state index contributed by atoms with van der Waals surface area (Å²) in [5.74, 6) is 0. The lowest BCUT2D eigenvalue weighted by molar-refractivity contribution is 0.469. The van der Waals surface area contributed by atoms with Gasteiger partial charge >= 0.3 is 0 Å². The van der Waals surface area contributed by atoms with Crippen LogP contribution in [-0.2, 0) is 0 Å². The van der Waals surface area contributed by atoms with Gasteiger partial charge in [-0.05, 0) is 23.1 Å². The molecule has 0 aromatic heterocycles. The lowest BCUT2D eigenvalue weighted by atomic mass is 10.0. The average Bonchev–Trinajstić information content (AvgIpc) is 2.47. The van der Waals surface area contributed by atoms with Gasteiger partial charge in [-0.2, -0.15) is 0 Å². The fourth-order valence-corrected chi connectivity index (χ4v) is 1.67. The molecule has 116 valence electrons. The Morgan fingerprint density at radius 1 is 0.500 bits per heavy atom. The van der Waals surface area contributed by atoms with Gasteiger partial charge in [0.1, 0.15) is 0 Å². The lowest BCUT2D eigenvalue weighted by Crippen LogP contribution is -1.93. The van der Waals surface area contributed by atoms with Crippen molar-refractivity contribution >= 4 is 10.8 Å². The van der Waals surface area contributed by atoms with Gasteiger partial charge in [0.15, 0.2) is 0 Å². The summed E-state index contributed by atoms with van der Waals surface area (Å²) in [5, 5.41) is 2.62. The molecule has 3 rings (SSSR count). The van der Waals surface area contributed by atoms with Gasteiger partial charge in [0.05, 0.1) is 0 Å². The Labute approximate surface area is 135 Å². The normalized spacial score (nSPS) is 10.0. The Kier molecular flexibility index (Phi) is 7.39. The molecular weight excluding hydrogens is 264 g/mol. The molecule has 0 amide bonds. The minimum atomic E-state index is 0.500. The van der Waals surface area contributed by atoms with E-state index in [1.165, 1.54) is 16.3 Å². The van der Waals surface area contributed by atoms with E-state index in [2.05, 4.69) is 95.3 Å². The first-order valence-electron chi connectivity index (χ1n) is 7.82. The molecule has 0 heteroatoms. The molecule has 0 saturated carbocycles. The minimum absolute atomic E-state index is 0.500. The average molecular weight is 292 g/mol. The molecule has 0 fully saturated rings. The summed E-state index contributed by atoms with van der Waals surface area (Å²) in [6.45, 7) is 10.8. The van der Waals surface area contributed by atoms with Crippen LogP contribution in [0.3, 0.4) is 0 Å². The predicted molar refractivity (Wildman–Crippen MR) is 100 cm³/mol. The zero-order valence-corrected chi connectivity index (χ0v) is 14.5. The van der Waals surface area contributed by atoms with Crippen molar-refractivity contribution in [2.75, 3.05) is 0 Å². The van der Waals surface area contributed by atoms with Crippen LogP contribution in [0.15, 0.2) is 78.9 Å². The van der Waals surface area contributed by atoms with Crippen molar-refractivity contribution in [2.45, 2.75) is 34.6 Å². The summed E-state index contributed by atoms with van der Waals surface area (Å²) >= 11 is 0. The Morgan fingerprint density at radius 2 is 0.773 bits per heavy atom. The van der Waals surface area contributed by atoms with Crippen molar-refractivity contribution in [3.8, 4) is 0 Å². The summed E-state index contributed by atoms with van der Waals surface area (Å²) in [4.78, 5) is 0. The van der Waals surface area contributed by atoms with Crippen molar-refractivity contribution < 1.29 is 0 Å². The summed E-state index contributed by atoms with van der Waals surface area (Å²) < 4.78 is 0. The van der Waals surface area contributed by atoms with E-state index in [0.717, 1.165) is 0 Å². The highest BCUT2D eigenvalue weighted by Gasteiger charge is 1.95. The zero-order chi connectivity index (χ0) is 16.4.